The van der Waals surface area contributed by atoms with Gasteiger partial charge in [-0.05, 0) is 136 Å². The Morgan fingerprint density at radius 2 is 0.816 bits per heavy atom. The quantitative estimate of drug-likeness (QED) is 0.143. The van der Waals surface area contributed by atoms with E-state index in [4.69, 9.17) is 4.42 Å². The molecule has 14 rings (SSSR count). The Labute approximate surface area is 443 Å². The van der Waals surface area contributed by atoms with Gasteiger partial charge in [0, 0.05) is 50.5 Å². The molecule has 3 heterocycles. The number of nitrogens with zero attached hydrogens (tertiary/aromatic N) is 2. The van der Waals surface area contributed by atoms with Gasteiger partial charge in [0.25, 0.3) is 0 Å². The van der Waals surface area contributed by atoms with E-state index in [0.29, 0.717) is 13.1 Å². The number of nitrogens with one attached hydrogen (secondary N) is 2. The Morgan fingerprint density at radius 1 is 0.395 bits per heavy atom. The first-order chi connectivity index (χ1) is 37.5. The summed E-state index contributed by atoms with van der Waals surface area (Å²) in [6.07, 6.45) is 8.95. The highest BCUT2D eigenvalue weighted by Crippen LogP contribution is 2.63. The fourth-order valence-electron chi connectivity index (χ4n) is 12.2. The number of furan rings is 1. The normalized spacial score (nSPS) is 14.4. The van der Waals surface area contributed by atoms with Gasteiger partial charge >= 0.3 is 0 Å². The Balaban J connectivity index is 1.11. The Kier molecular flexibility index (Phi) is 10.9. The molecule has 3 aliphatic rings. The molecule has 1 aliphatic carbocycles. The molecule has 0 fully saturated rings. The third-order valence-electron chi connectivity index (χ3n) is 15.8. The summed E-state index contributed by atoms with van der Waals surface area (Å²) in [4.78, 5) is 4.96. The maximum Gasteiger partial charge on any atom is 0.145 e. The van der Waals surface area contributed by atoms with E-state index in [1.54, 1.807) is 0 Å². The Bertz CT molecular complexity index is 4110. The van der Waals surface area contributed by atoms with Crippen molar-refractivity contribution in [1.82, 2.24) is 10.6 Å². The molecule has 2 aliphatic heterocycles. The van der Waals surface area contributed by atoms with Crippen LogP contribution in [0.4, 0.5) is 22.7 Å². The molecule has 0 saturated carbocycles. The third-order valence-corrected chi connectivity index (χ3v) is 15.8. The second kappa shape index (κ2) is 18.4. The second-order valence-corrected chi connectivity index (χ2v) is 20.2. The first-order valence-electron chi connectivity index (χ1n) is 26.3. The lowest BCUT2D eigenvalue weighted by molar-refractivity contribution is 0.669. The minimum absolute atomic E-state index is 0.648. The van der Waals surface area contributed by atoms with Gasteiger partial charge in [0.1, 0.15) is 11.2 Å². The summed E-state index contributed by atoms with van der Waals surface area (Å²) in [5, 5.41) is 11.9. The lowest BCUT2D eigenvalue weighted by atomic mass is 9.67. The fraction of sp³-hybridized carbons (Fsp3) is 0.0704. The molecule has 2 N–H and O–H groups in total. The van der Waals surface area contributed by atoms with Crippen molar-refractivity contribution in [2.75, 3.05) is 22.9 Å². The Hall–Kier alpha value is -9.58. The molecule has 0 radical (unpaired) electrons. The maximum atomic E-state index is 7.47. The SMILES string of the molecule is CC1=CC=C(N(c2ccc(-c3ccccc3)cc2)c2cc3c(c4ccccc24)-c2c(cc(N(C4=CC=C(C)NC4)c4ccc(-c5ccccc5)cc4)c4c2oc2ccccc24)C3(c2ccccc2)c2ccccc2)CN1. The van der Waals surface area contributed by atoms with Crippen molar-refractivity contribution in [3.63, 3.8) is 0 Å². The molecule has 0 amide bonds. The van der Waals surface area contributed by atoms with Crippen LogP contribution in [0.3, 0.4) is 0 Å². The summed E-state index contributed by atoms with van der Waals surface area (Å²) >= 11 is 0. The summed E-state index contributed by atoms with van der Waals surface area (Å²) in [6.45, 7) is 5.58. The van der Waals surface area contributed by atoms with E-state index in [2.05, 4.69) is 289 Å². The van der Waals surface area contributed by atoms with Gasteiger partial charge in [-0.2, -0.15) is 0 Å². The zero-order valence-corrected chi connectivity index (χ0v) is 42.5. The number of fused-ring (bicyclic) bond motifs is 9. The van der Waals surface area contributed by atoms with Gasteiger partial charge in [0.05, 0.1) is 35.3 Å². The van der Waals surface area contributed by atoms with Crippen molar-refractivity contribution < 1.29 is 4.42 Å². The van der Waals surface area contributed by atoms with Crippen LogP contribution in [0.25, 0.3) is 66.1 Å². The van der Waals surface area contributed by atoms with Crippen molar-refractivity contribution in [2.45, 2.75) is 19.3 Å². The van der Waals surface area contributed by atoms with E-state index < -0.39 is 5.41 Å². The monoisotopic (exact) mass is 978 g/mol. The van der Waals surface area contributed by atoms with Gasteiger partial charge in [0.15, 0.2) is 0 Å². The molecule has 5 nitrogen and oxygen atoms in total. The summed E-state index contributed by atoms with van der Waals surface area (Å²) in [7, 11) is 0. The highest BCUT2D eigenvalue weighted by Gasteiger charge is 2.50. The number of hydrogen-bond donors (Lipinski definition) is 2. The van der Waals surface area contributed by atoms with Crippen LogP contribution in [0.1, 0.15) is 36.1 Å². The molecule has 364 valence electrons. The molecule has 76 heavy (non-hydrogen) atoms. The summed E-state index contributed by atoms with van der Waals surface area (Å²) in [6, 6.07) is 84.4. The minimum atomic E-state index is -0.815. The molecule has 11 aromatic rings. The first-order valence-corrected chi connectivity index (χ1v) is 26.3. The van der Waals surface area contributed by atoms with E-state index in [9.17, 15) is 0 Å². The maximum absolute atomic E-state index is 7.47. The zero-order chi connectivity index (χ0) is 50.7. The summed E-state index contributed by atoms with van der Waals surface area (Å²) in [5.41, 5.74) is 21.5. The fourth-order valence-corrected chi connectivity index (χ4v) is 12.2. The van der Waals surface area contributed by atoms with Crippen LogP contribution in [0.5, 0.6) is 0 Å². The van der Waals surface area contributed by atoms with Crippen LogP contribution in [-0.4, -0.2) is 13.1 Å². The average molecular weight is 979 g/mol. The predicted octanol–water partition coefficient (Wildman–Crippen LogP) is 17.5. The van der Waals surface area contributed by atoms with E-state index in [0.717, 1.165) is 83.8 Å². The number of para-hydroxylation sites is 1. The average Bonchev–Trinajstić information content (AvgIpc) is 4.21. The molecule has 0 spiro atoms. The van der Waals surface area contributed by atoms with Crippen LogP contribution < -0.4 is 20.4 Å². The smallest absolute Gasteiger partial charge is 0.145 e. The molecule has 0 unspecified atom stereocenters. The third kappa shape index (κ3) is 7.30. The van der Waals surface area contributed by atoms with E-state index in [-0.39, 0.29) is 0 Å². The van der Waals surface area contributed by atoms with Gasteiger partial charge < -0.3 is 24.9 Å². The largest absolute Gasteiger partial charge is 0.455 e. The molecule has 0 bridgehead atoms. The van der Waals surface area contributed by atoms with Crippen LogP contribution >= 0.6 is 0 Å². The summed E-state index contributed by atoms with van der Waals surface area (Å²) in [5.74, 6) is 0. The van der Waals surface area contributed by atoms with E-state index >= 15 is 0 Å². The van der Waals surface area contributed by atoms with Gasteiger partial charge in [0.2, 0.25) is 0 Å². The van der Waals surface area contributed by atoms with Gasteiger partial charge in [-0.25, -0.2) is 0 Å². The summed E-state index contributed by atoms with van der Waals surface area (Å²) < 4.78 is 7.47. The molecular weight excluding hydrogens is 925 g/mol. The Morgan fingerprint density at radius 3 is 1.33 bits per heavy atom. The number of anilines is 4. The number of allylic oxidation sites excluding steroid dienone is 6. The highest BCUT2D eigenvalue weighted by atomic mass is 16.3. The zero-order valence-electron chi connectivity index (χ0n) is 42.5. The minimum Gasteiger partial charge on any atom is -0.455 e. The number of hydrogen-bond acceptors (Lipinski definition) is 5. The topological polar surface area (TPSA) is 43.7 Å². The van der Waals surface area contributed by atoms with Crippen molar-refractivity contribution in [1.29, 1.82) is 0 Å². The van der Waals surface area contributed by atoms with E-state index in [1.807, 2.05) is 0 Å². The lowest BCUT2D eigenvalue weighted by Crippen LogP contribution is -2.31. The van der Waals surface area contributed by atoms with Gasteiger partial charge in [-0.1, -0.05) is 188 Å². The van der Waals surface area contributed by atoms with Crippen molar-refractivity contribution in [3.8, 4) is 33.4 Å². The predicted molar refractivity (Wildman–Crippen MR) is 316 cm³/mol. The van der Waals surface area contributed by atoms with Gasteiger partial charge in [-0.15, -0.1) is 0 Å². The molecular formula is C71H54N4O. The number of rotatable bonds is 10. The van der Waals surface area contributed by atoms with Crippen LogP contribution in [0.15, 0.2) is 282 Å². The van der Waals surface area contributed by atoms with E-state index in [1.165, 1.54) is 50.1 Å². The molecule has 0 atom stereocenters. The molecule has 10 aromatic carbocycles. The standard InChI is InChI=1S/C71H54N4O/c1-47-31-37-57(45-72-47)74(55-39-33-51(34-40-55)49-19-7-3-8-20-49)64-43-62-67(60-28-16-15-27-59(60)64)69-63(71(62,53-23-11-5-12-24-53)54-25-13-6-14-26-54)44-65(68-61-29-17-18-30-66(61)76-70(68)69)75(58-38-32-48(2)73-46-58)56-41-35-52(36-42-56)50-21-9-4-10-22-50/h3-44,72-73H,45-46H2,1-2H3. The molecule has 5 heteroatoms. The van der Waals surface area contributed by atoms with Crippen LogP contribution in [0.2, 0.25) is 0 Å². The van der Waals surface area contributed by atoms with Gasteiger partial charge in [-0.3, -0.25) is 0 Å². The second-order valence-electron chi connectivity index (χ2n) is 20.2. The van der Waals surface area contributed by atoms with Crippen molar-refractivity contribution >= 4 is 55.5 Å². The number of dihydropyridines is 2. The lowest BCUT2D eigenvalue weighted by Gasteiger charge is -2.37. The molecule has 1 aromatic heterocycles. The van der Waals surface area contributed by atoms with Crippen molar-refractivity contribution in [2.24, 2.45) is 0 Å². The highest BCUT2D eigenvalue weighted by molar-refractivity contribution is 6.22. The number of benzene rings is 10. The first kappa shape index (κ1) is 45.1. The van der Waals surface area contributed by atoms with Crippen molar-refractivity contribution in [3.05, 3.63) is 300 Å². The van der Waals surface area contributed by atoms with Crippen LogP contribution in [-0.2, 0) is 5.41 Å². The van der Waals surface area contributed by atoms with Crippen LogP contribution in [0, 0.1) is 0 Å². The molecule has 0 saturated heterocycles.